The van der Waals surface area contributed by atoms with Crippen LogP contribution in [-0.4, -0.2) is 23.8 Å². The molecule has 0 rings (SSSR count). The molecule has 0 aromatic carbocycles. The molecule has 1 N–H and O–H groups in total. The molecule has 2 atom stereocenters. The summed E-state index contributed by atoms with van der Waals surface area (Å²) in [4.78, 5) is 11.4. The summed E-state index contributed by atoms with van der Waals surface area (Å²) in [6.45, 7) is 6.42. The van der Waals surface area contributed by atoms with Crippen LogP contribution in [-0.2, 0) is 9.53 Å². The minimum Gasteiger partial charge on any atom is -0.463 e. The van der Waals surface area contributed by atoms with Crippen LogP contribution >= 0.6 is 0 Å². The Hall–Kier alpha value is -0.570. The van der Waals surface area contributed by atoms with Crippen LogP contribution in [0.25, 0.3) is 0 Å². The molecular weight excluding hydrogens is 288 g/mol. The van der Waals surface area contributed by atoms with Gasteiger partial charge in [-0.15, -0.1) is 0 Å². The Morgan fingerprint density at radius 2 is 1.26 bits per heavy atom. The second kappa shape index (κ2) is 16.3. The Bertz CT molecular complexity index is 264. The summed E-state index contributed by atoms with van der Waals surface area (Å²) >= 11 is 0. The molecule has 0 saturated heterocycles. The van der Waals surface area contributed by atoms with Gasteiger partial charge in [0.1, 0.15) is 6.10 Å². The van der Waals surface area contributed by atoms with Gasteiger partial charge in [0.15, 0.2) is 0 Å². The zero-order valence-electron chi connectivity index (χ0n) is 15.8. The van der Waals surface area contributed by atoms with Crippen molar-refractivity contribution in [3.8, 4) is 0 Å². The number of ether oxygens (including phenoxy) is 1. The number of carbonyl (C=O) groups excluding carboxylic acids is 1. The molecule has 2 unspecified atom stereocenters. The first-order valence-corrected chi connectivity index (χ1v) is 9.96. The van der Waals surface area contributed by atoms with Crippen LogP contribution in [0.1, 0.15) is 104 Å². The van der Waals surface area contributed by atoms with Crippen LogP contribution < -0.4 is 0 Å². The summed E-state index contributed by atoms with van der Waals surface area (Å²) < 4.78 is 5.25. The Kier molecular flexibility index (Phi) is 15.9. The minimum absolute atomic E-state index is 0.463. The van der Waals surface area contributed by atoms with Gasteiger partial charge >= 0.3 is 5.97 Å². The van der Waals surface area contributed by atoms with Gasteiger partial charge in [-0.1, -0.05) is 84.5 Å². The van der Waals surface area contributed by atoms with E-state index in [9.17, 15) is 9.90 Å². The lowest BCUT2D eigenvalue weighted by molar-refractivity contribution is -0.154. The van der Waals surface area contributed by atoms with Crippen molar-refractivity contribution in [1.82, 2.24) is 0 Å². The molecule has 0 heterocycles. The largest absolute Gasteiger partial charge is 0.463 e. The van der Waals surface area contributed by atoms with Gasteiger partial charge in [0.25, 0.3) is 0 Å². The third kappa shape index (κ3) is 14.7. The predicted octanol–water partition coefficient (Wildman–Crippen LogP) is 5.64. The van der Waals surface area contributed by atoms with Crippen LogP contribution in [0, 0.1) is 5.92 Å². The zero-order valence-corrected chi connectivity index (χ0v) is 15.8. The number of aliphatic hydroxyl groups excluding tert-OH is 1. The van der Waals surface area contributed by atoms with Crippen LogP contribution in [0.5, 0.6) is 0 Å². The van der Waals surface area contributed by atoms with Crippen molar-refractivity contribution in [2.75, 3.05) is 6.61 Å². The molecule has 138 valence electrons. The number of esters is 1. The Labute approximate surface area is 144 Å². The lowest BCUT2D eigenvalue weighted by Crippen LogP contribution is -2.22. The van der Waals surface area contributed by atoms with Crippen molar-refractivity contribution in [2.24, 2.45) is 5.92 Å². The Balaban J connectivity index is 3.93. The second-order valence-electron chi connectivity index (χ2n) is 6.93. The van der Waals surface area contributed by atoms with E-state index < -0.39 is 12.1 Å². The third-order valence-corrected chi connectivity index (χ3v) is 4.48. The van der Waals surface area contributed by atoms with Crippen LogP contribution in [0.2, 0.25) is 0 Å². The first-order chi connectivity index (χ1) is 11.1. The fraction of sp³-hybridized carbons (Fsp3) is 0.950. The van der Waals surface area contributed by atoms with Gasteiger partial charge in [-0.05, 0) is 25.7 Å². The molecule has 0 aromatic heterocycles. The first kappa shape index (κ1) is 22.4. The number of hydrogen-bond donors (Lipinski definition) is 1. The van der Waals surface area contributed by atoms with E-state index in [1.54, 1.807) is 0 Å². The quantitative estimate of drug-likeness (QED) is 0.295. The van der Waals surface area contributed by atoms with E-state index in [1.807, 2.05) is 0 Å². The van der Waals surface area contributed by atoms with Crippen LogP contribution in [0.4, 0.5) is 0 Å². The number of unbranched alkanes of at least 4 members (excludes halogenated alkanes) is 9. The molecule has 3 heteroatoms. The lowest BCUT2D eigenvalue weighted by Gasteiger charge is -2.17. The number of rotatable bonds is 16. The van der Waals surface area contributed by atoms with E-state index in [0.29, 0.717) is 12.5 Å². The number of carbonyl (C=O) groups is 1. The third-order valence-electron chi connectivity index (χ3n) is 4.48. The highest BCUT2D eigenvalue weighted by molar-refractivity contribution is 5.73. The molecule has 0 saturated carbocycles. The van der Waals surface area contributed by atoms with Gasteiger partial charge < -0.3 is 9.84 Å². The highest BCUT2D eigenvalue weighted by Crippen LogP contribution is 2.19. The summed E-state index contributed by atoms with van der Waals surface area (Å²) in [7, 11) is 0. The van der Waals surface area contributed by atoms with E-state index in [0.717, 1.165) is 12.8 Å². The predicted molar refractivity (Wildman–Crippen MR) is 97.5 cm³/mol. The van der Waals surface area contributed by atoms with Gasteiger partial charge in [0.2, 0.25) is 0 Å². The molecule has 0 bridgehead atoms. The molecule has 0 aliphatic heterocycles. The van der Waals surface area contributed by atoms with E-state index in [1.165, 1.54) is 77.6 Å². The maximum absolute atomic E-state index is 11.4. The van der Waals surface area contributed by atoms with Crippen molar-refractivity contribution in [3.05, 3.63) is 0 Å². The molecule has 0 fully saturated rings. The molecule has 0 aromatic rings. The van der Waals surface area contributed by atoms with Gasteiger partial charge in [-0.25, -0.2) is 4.79 Å². The molecule has 3 nitrogen and oxygen atoms in total. The maximum atomic E-state index is 11.4. The summed E-state index contributed by atoms with van der Waals surface area (Å²) in [6, 6.07) is 0. The molecule has 0 radical (unpaired) electrons. The van der Waals surface area contributed by atoms with Crippen LogP contribution in [0.15, 0.2) is 0 Å². The van der Waals surface area contributed by atoms with Gasteiger partial charge in [-0.3, -0.25) is 0 Å². The SMILES string of the molecule is CCCCCCCCC(CCCCCCC)COC(=O)C(C)O. The molecule has 0 aliphatic carbocycles. The lowest BCUT2D eigenvalue weighted by atomic mass is 9.95. The maximum Gasteiger partial charge on any atom is 0.334 e. The molecule has 0 spiro atoms. The van der Waals surface area contributed by atoms with E-state index in [2.05, 4.69) is 13.8 Å². The van der Waals surface area contributed by atoms with Gasteiger partial charge in [0.05, 0.1) is 6.61 Å². The summed E-state index contributed by atoms with van der Waals surface area (Å²) in [6.07, 6.45) is 15.5. The molecule has 23 heavy (non-hydrogen) atoms. The fourth-order valence-corrected chi connectivity index (χ4v) is 2.88. The van der Waals surface area contributed by atoms with E-state index >= 15 is 0 Å². The minimum atomic E-state index is -1.01. The van der Waals surface area contributed by atoms with Gasteiger partial charge in [0, 0.05) is 0 Å². The topological polar surface area (TPSA) is 46.5 Å². The Morgan fingerprint density at radius 3 is 1.70 bits per heavy atom. The zero-order chi connectivity index (χ0) is 17.3. The number of hydrogen-bond acceptors (Lipinski definition) is 3. The standard InChI is InChI=1S/C20H40O3/c1-4-6-8-10-12-14-16-19(15-13-11-9-7-5-2)17-23-20(22)18(3)21/h18-19,21H,4-17H2,1-3H3. The van der Waals surface area contributed by atoms with E-state index in [-0.39, 0.29) is 0 Å². The first-order valence-electron chi connectivity index (χ1n) is 9.96. The van der Waals surface area contributed by atoms with Crippen molar-refractivity contribution < 1.29 is 14.6 Å². The van der Waals surface area contributed by atoms with Gasteiger partial charge in [-0.2, -0.15) is 0 Å². The van der Waals surface area contributed by atoms with Crippen molar-refractivity contribution in [3.63, 3.8) is 0 Å². The van der Waals surface area contributed by atoms with Crippen LogP contribution in [0.3, 0.4) is 0 Å². The summed E-state index contributed by atoms with van der Waals surface area (Å²) in [5.41, 5.74) is 0. The molecule has 0 amide bonds. The van der Waals surface area contributed by atoms with Crippen molar-refractivity contribution in [2.45, 2.75) is 110 Å². The monoisotopic (exact) mass is 328 g/mol. The Morgan fingerprint density at radius 1 is 0.826 bits per heavy atom. The average Bonchev–Trinajstić information content (AvgIpc) is 2.54. The fourth-order valence-electron chi connectivity index (χ4n) is 2.88. The average molecular weight is 329 g/mol. The highest BCUT2D eigenvalue weighted by Gasteiger charge is 2.15. The summed E-state index contributed by atoms with van der Waals surface area (Å²) in [5, 5.41) is 9.23. The summed E-state index contributed by atoms with van der Waals surface area (Å²) in [5.74, 6) is -0.0190. The van der Waals surface area contributed by atoms with E-state index in [4.69, 9.17) is 4.74 Å². The smallest absolute Gasteiger partial charge is 0.334 e. The molecular formula is C20H40O3. The van der Waals surface area contributed by atoms with Crippen molar-refractivity contribution in [1.29, 1.82) is 0 Å². The molecule has 0 aliphatic rings. The second-order valence-corrected chi connectivity index (χ2v) is 6.93. The highest BCUT2D eigenvalue weighted by atomic mass is 16.5. The van der Waals surface area contributed by atoms with Crippen molar-refractivity contribution >= 4 is 5.97 Å². The normalized spacial score (nSPS) is 13.7. The number of aliphatic hydroxyl groups is 1.